The van der Waals surface area contributed by atoms with Gasteiger partial charge in [0.1, 0.15) is 12.3 Å². The summed E-state index contributed by atoms with van der Waals surface area (Å²) in [6.45, 7) is -0.133. The van der Waals surface area contributed by atoms with Gasteiger partial charge in [-0.25, -0.2) is 8.42 Å². The number of sulfonamides is 1. The van der Waals surface area contributed by atoms with Crippen molar-refractivity contribution in [2.45, 2.75) is 11.4 Å². The molecule has 1 amide bonds. The zero-order valence-corrected chi connectivity index (χ0v) is 20.4. The summed E-state index contributed by atoms with van der Waals surface area (Å²) in [6, 6.07) is 19.3. The molecular weight excluding hydrogens is 490 g/mol. The monoisotopic (exact) mass is 511 g/mol. The number of amides is 1. The molecule has 35 heavy (non-hydrogen) atoms. The van der Waals surface area contributed by atoms with Crippen LogP contribution in [0, 0.1) is 0 Å². The van der Waals surface area contributed by atoms with Crippen LogP contribution in [0.3, 0.4) is 0 Å². The van der Waals surface area contributed by atoms with Gasteiger partial charge in [-0.15, -0.1) is 0 Å². The molecule has 9 nitrogen and oxygen atoms in total. The lowest BCUT2D eigenvalue weighted by atomic mass is 10.2. The first-order valence-electron chi connectivity index (χ1n) is 10.3. The lowest BCUT2D eigenvalue weighted by Crippen LogP contribution is -2.22. The van der Waals surface area contributed by atoms with E-state index in [1.54, 1.807) is 60.2 Å². The van der Waals surface area contributed by atoms with Crippen molar-refractivity contribution in [2.75, 3.05) is 18.9 Å². The molecule has 0 aliphatic rings. The van der Waals surface area contributed by atoms with Crippen molar-refractivity contribution in [3.05, 3.63) is 83.2 Å². The van der Waals surface area contributed by atoms with Gasteiger partial charge in [0, 0.05) is 11.3 Å². The molecule has 0 spiro atoms. The van der Waals surface area contributed by atoms with E-state index in [-0.39, 0.29) is 22.7 Å². The van der Waals surface area contributed by atoms with E-state index < -0.39 is 21.9 Å². The zero-order chi connectivity index (χ0) is 25.0. The largest absolute Gasteiger partial charge is 0.497 e. The summed E-state index contributed by atoms with van der Waals surface area (Å²) in [6.07, 6.45) is 0. The van der Waals surface area contributed by atoms with Crippen LogP contribution in [-0.4, -0.2) is 39.1 Å². The minimum atomic E-state index is -3.82. The van der Waals surface area contributed by atoms with E-state index in [0.717, 1.165) is 4.70 Å². The summed E-state index contributed by atoms with van der Waals surface area (Å²) in [5.74, 6) is -0.463. The zero-order valence-electron chi connectivity index (χ0n) is 18.8. The number of hydrogen-bond acceptors (Lipinski definition) is 7. The molecule has 0 unspecified atom stereocenters. The van der Waals surface area contributed by atoms with Crippen LogP contribution in [0.1, 0.15) is 10.4 Å². The van der Waals surface area contributed by atoms with E-state index >= 15 is 0 Å². The number of carbonyl (C=O) groups is 2. The molecule has 0 saturated carbocycles. The number of thiazole rings is 1. The van der Waals surface area contributed by atoms with Crippen LogP contribution in [0.25, 0.3) is 10.2 Å². The van der Waals surface area contributed by atoms with Gasteiger partial charge in [0.05, 0.1) is 29.3 Å². The Labute approximate surface area is 205 Å². The Morgan fingerprint density at radius 2 is 1.77 bits per heavy atom. The van der Waals surface area contributed by atoms with E-state index in [1.807, 2.05) is 0 Å². The first-order chi connectivity index (χ1) is 16.8. The second kappa shape index (κ2) is 10.1. The number of hydrogen-bond donors (Lipinski definition) is 1. The predicted molar refractivity (Wildman–Crippen MR) is 132 cm³/mol. The highest BCUT2D eigenvalue weighted by Crippen LogP contribution is 2.23. The van der Waals surface area contributed by atoms with Crippen LogP contribution in [-0.2, 0) is 26.1 Å². The molecule has 0 fully saturated rings. The van der Waals surface area contributed by atoms with Gasteiger partial charge in [-0.1, -0.05) is 35.6 Å². The molecule has 0 aliphatic carbocycles. The Morgan fingerprint density at radius 1 is 1.00 bits per heavy atom. The smallest absolute Gasteiger partial charge is 0.325 e. The maximum absolute atomic E-state index is 13.0. The summed E-state index contributed by atoms with van der Waals surface area (Å²) in [5, 5.41) is 0. The maximum Gasteiger partial charge on any atom is 0.325 e. The van der Waals surface area contributed by atoms with E-state index in [4.69, 9.17) is 9.47 Å². The molecule has 1 N–H and O–H groups in total. The van der Waals surface area contributed by atoms with Gasteiger partial charge in [-0.05, 0) is 48.5 Å². The number of esters is 1. The van der Waals surface area contributed by atoms with Crippen molar-refractivity contribution < 1.29 is 27.5 Å². The van der Waals surface area contributed by atoms with Crippen molar-refractivity contribution in [1.29, 1.82) is 0 Å². The molecule has 0 atom stereocenters. The Bertz CT molecular complexity index is 1570. The topological polar surface area (TPSA) is 116 Å². The Kier molecular flexibility index (Phi) is 6.99. The standard InChI is InChI=1S/C24H21N3O6S2/c1-32-18-11-12-20-21(14-18)34-24(27(20)15-22(28)33-2)25-23(29)16-7-6-8-17(13-16)26-35(30,31)19-9-4-3-5-10-19/h3-14,26H,15H2,1-2H3. The number of ether oxygens (including phenoxy) is 2. The van der Waals surface area contributed by atoms with Crippen LogP contribution >= 0.6 is 11.3 Å². The van der Waals surface area contributed by atoms with E-state index in [2.05, 4.69) is 9.71 Å². The average Bonchev–Trinajstić information content (AvgIpc) is 3.19. The molecule has 4 rings (SSSR count). The molecule has 0 aliphatic heterocycles. The Balaban J connectivity index is 1.70. The second-order valence-electron chi connectivity index (χ2n) is 7.30. The number of fused-ring (bicyclic) bond motifs is 1. The van der Waals surface area contributed by atoms with Crippen LogP contribution in [0.5, 0.6) is 5.75 Å². The van der Waals surface area contributed by atoms with Crippen molar-refractivity contribution in [2.24, 2.45) is 4.99 Å². The van der Waals surface area contributed by atoms with Crippen LogP contribution in [0.2, 0.25) is 0 Å². The summed E-state index contributed by atoms with van der Waals surface area (Å²) >= 11 is 1.22. The fourth-order valence-electron chi connectivity index (χ4n) is 3.29. The minimum absolute atomic E-state index is 0.103. The van der Waals surface area contributed by atoms with Gasteiger partial charge < -0.3 is 14.0 Å². The number of benzene rings is 3. The summed E-state index contributed by atoms with van der Waals surface area (Å²) in [5.41, 5.74) is 1.09. The molecule has 1 heterocycles. The lowest BCUT2D eigenvalue weighted by molar-refractivity contribution is -0.141. The molecule has 180 valence electrons. The average molecular weight is 512 g/mol. The maximum atomic E-state index is 13.0. The normalized spacial score (nSPS) is 11.9. The Morgan fingerprint density at radius 3 is 2.49 bits per heavy atom. The Hall–Kier alpha value is -3.96. The highest BCUT2D eigenvalue weighted by Gasteiger charge is 2.16. The highest BCUT2D eigenvalue weighted by atomic mass is 32.2. The summed E-state index contributed by atoms with van der Waals surface area (Å²) in [4.78, 5) is 29.6. The van der Waals surface area contributed by atoms with Crippen molar-refractivity contribution >= 4 is 49.1 Å². The van der Waals surface area contributed by atoms with Crippen molar-refractivity contribution in [3.8, 4) is 5.75 Å². The number of rotatable bonds is 7. The van der Waals surface area contributed by atoms with E-state index in [1.165, 1.54) is 42.7 Å². The number of anilines is 1. The number of carbonyl (C=O) groups excluding carboxylic acids is 2. The van der Waals surface area contributed by atoms with E-state index in [9.17, 15) is 18.0 Å². The number of aromatic nitrogens is 1. The quantitative estimate of drug-likeness (QED) is 0.380. The molecule has 1 aromatic heterocycles. The first-order valence-corrected chi connectivity index (χ1v) is 12.6. The molecular formula is C24H21N3O6S2. The molecule has 0 saturated heterocycles. The van der Waals surface area contributed by atoms with Crippen molar-refractivity contribution in [1.82, 2.24) is 4.57 Å². The minimum Gasteiger partial charge on any atom is -0.497 e. The fourth-order valence-corrected chi connectivity index (χ4v) is 5.42. The highest BCUT2D eigenvalue weighted by molar-refractivity contribution is 7.92. The molecule has 4 aromatic rings. The third-order valence-electron chi connectivity index (χ3n) is 5.02. The third kappa shape index (κ3) is 5.42. The molecule has 11 heteroatoms. The van der Waals surface area contributed by atoms with Crippen LogP contribution in [0.15, 0.2) is 82.7 Å². The lowest BCUT2D eigenvalue weighted by Gasteiger charge is -2.08. The summed E-state index contributed by atoms with van der Waals surface area (Å²) in [7, 11) is -0.990. The van der Waals surface area contributed by atoms with Gasteiger partial charge in [0.25, 0.3) is 15.9 Å². The number of methoxy groups -OCH3 is 2. The SMILES string of the molecule is COC(=O)Cn1c(=NC(=O)c2cccc(NS(=O)(=O)c3ccccc3)c2)sc2cc(OC)ccc21. The first kappa shape index (κ1) is 24.2. The number of nitrogens with zero attached hydrogens (tertiary/aromatic N) is 2. The van der Waals surface area contributed by atoms with Gasteiger partial charge in [-0.2, -0.15) is 4.99 Å². The van der Waals surface area contributed by atoms with Crippen molar-refractivity contribution in [3.63, 3.8) is 0 Å². The molecule has 3 aromatic carbocycles. The van der Waals surface area contributed by atoms with E-state index in [0.29, 0.717) is 16.1 Å². The number of nitrogens with one attached hydrogen (secondary N) is 1. The fraction of sp³-hybridized carbons (Fsp3) is 0.125. The van der Waals surface area contributed by atoms with Crippen LogP contribution in [0.4, 0.5) is 5.69 Å². The molecule has 0 bridgehead atoms. The second-order valence-corrected chi connectivity index (χ2v) is 9.99. The van der Waals surface area contributed by atoms with Crippen LogP contribution < -0.4 is 14.3 Å². The third-order valence-corrected chi connectivity index (χ3v) is 7.46. The molecule has 0 radical (unpaired) electrons. The van der Waals surface area contributed by atoms with Gasteiger partial charge >= 0.3 is 5.97 Å². The summed E-state index contributed by atoms with van der Waals surface area (Å²) < 4.78 is 40.1. The van der Waals surface area contributed by atoms with Gasteiger partial charge in [-0.3, -0.25) is 14.3 Å². The van der Waals surface area contributed by atoms with Gasteiger partial charge in [0.15, 0.2) is 4.80 Å². The van der Waals surface area contributed by atoms with Gasteiger partial charge in [0.2, 0.25) is 0 Å². The predicted octanol–water partition coefficient (Wildman–Crippen LogP) is 3.43.